The molecule has 5 nitrogen and oxygen atoms in total. The minimum absolute atomic E-state index is 0.0318. The van der Waals surface area contributed by atoms with E-state index in [1.807, 2.05) is 0 Å². The standard InChI is InChI=1S/C8H15N3O2/c1-10-7(12)8(6(9)11-13)4-2-3-5-8/h13H,2-5H2,1H3,(H2,9,11)(H,10,12). The molecule has 1 amide bonds. The van der Waals surface area contributed by atoms with Crippen molar-refractivity contribution in [1.82, 2.24) is 5.32 Å². The lowest BCUT2D eigenvalue weighted by molar-refractivity contribution is -0.126. The highest BCUT2D eigenvalue weighted by molar-refractivity contribution is 6.06. The first-order valence-corrected chi connectivity index (χ1v) is 4.37. The van der Waals surface area contributed by atoms with Crippen molar-refractivity contribution in [1.29, 1.82) is 0 Å². The second-order valence-electron chi connectivity index (χ2n) is 3.35. The number of carbonyl (C=O) groups excluding carboxylic acids is 1. The summed E-state index contributed by atoms with van der Waals surface area (Å²) in [5.74, 6) is -0.121. The van der Waals surface area contributed by atoms with E-state index < -0.39 is 5.41 Å². The van der Waals surface area contributed by atoms with Gasteiger partial charge in [0.2, 0.25) is 5.91 Å². The van der Waals surface area contributed by atoms with Crippen molar-refractivity contribution in [3.8, 4) is 0 Å². The lowest BCUT2D eigenvalue weighted by atomic mass is 9.84. The number of amides is 1. The Morgan fingerprint density at radius 1 is 1.54 bits per heavy atom. The topological polar surface area (TPSA) is 87.7 Å². The van der Waals surface area contributed by atoms with E-state index >= 15 is 0 Å². The van der Waals surface area contributed by atoms with Gasteiger partial charge in [-0.25, -0.2) is 0 Å². The number of hydrogen-bond donors (Lipinski definition) is 3. The van der Waals surface area contributed by atoms with Crippen LogP contribution in [0.25, 0.3) is 0 Å². The van der Waals surface area contributed by atoms with Crippen LogP contribution in [0.3, 0.4) is 0 Å². The monoisotopic (exact) mass is 185 g/mol. The molecule has 4 N–H and O–H groups in total. The van der Waals surface area contributed by atoms with E-state index in [0.29, 0.717) is 12.8 Å². The van der Waals surface area contributed by atoms with Crippen molar-refractivity contribution in [2.75, 3.05) is 7.05 Å². The van der Waals surface area contributed by atoms with Crippen LogP contribution in [0.4, 0.5) is 0 Å². The van der Waals surface area contributed by atoms with E-state index in [9.17, 15) is 4.79 Å². The summed E-state index contributed by atoms with van der Waals surface area (Å²) in [4.78, 5) is 11.6. The third-order valence-electron chi connectivity index (χ3n) is 2.72. The summed E-state index contributed by atoms with van der Waals surface area (Å²) in [5, 5.41) is 14.1. The fourth-order valence-electron chi connectivity index (χ4n) is 1.91. The van der Waals surface area contributed by atoms with Gasteiger partial charge < -0.3 is 16.3 Å². The molecule has 1 rings (SSSR count). The smallest absolute Gasteiger partial charge is 0.233 e. The van der Waals surface area contributed by atoms with Crippen molar-refractivity contribution in [2.45, 2.75) is 25.7 Å². The average Bonchev–Trinajstić information content (AvgIpc) is 2.65. The zero-order valence-corrected chi connectivity index (χ0v) is 7.71. The van der Waals surface area contributed by atoms with E-state index in [2.05, 4.69) is 10.5 Å². The zero-order valence-electron chi connectivity index (χ0n) is 7.71. The Bertz CT molecular complexity index is 232. The van der Waals surface area contributed by atoms with Gasteiger partial charge in [-0.2, -0.15) is 0 Å². The average molecular weight is 185 g/mol. The van der Waals surface area contributed by atoms with Crippen molar-refractivity contribution >= 4 is 11.7 Å². The molecule has 74 valence electrons. The number of rotatable bonds is 2. The molecule has 0 saturated heterocycles. The summed E-state index contributed by atoms with van der Waals surface area (Å²) in [6, 6.07) is 0. The lowest BCUT2D eigenvalue weighted by Gasteiger charge is -2.24. The predicted molar refractivity (Wildman–Crippen MR) is 48.4 cm³/mol. The summed E-state index contributed by atoms with van der Waals surface area (Å²) in [7, 11) is 1.56. The Labute approximate surface area is 77.0 Å². The number of oxime groups is 1. The fraction of sp³-hybridized carbons (Fsp3) is 0.750. The van der Waals surface area contributed by atoms with E-state index in [1.165, 1.54) is 0 Å². The van der Waals surface area contributed by atoms with Gasteiger partial charge in [0, 0.05) is 7.05 Å². The molecule has 5 heteroatoms. The zero-order chi connectivity index (χ0) is 9.90. The molecule has 0 aromatic carbocycles. The second kappa shape index (κ2) is 3.64. The summed E-state index contributed by atoms with van der Waals surface area (Å²) in [5.41, 5.74) is 4.77. The molecule has 0 spiro atoms. The number of nitrogens with zero attached hydrogens (tertiary/aromatic N) is 1. The van der Waals surface area contributed by atoms with Gasteiger partial charge in [-0.15, -0.1) is 0 Å². The first-order valence-electron chi connectivity index (χ1n) is 4.37. The highest BCUT2D eigenvalue weighted by Gasteiger charge is 2.44. The highest BCUT2D eigenvalue weighted by atomic mass is 16.4. The maximum atomic E-state index is 11.6. The molecule has 0 heterocycles. The van der Waals surface area contributed by atoms with Crippen molar-refractivity contribution in [2.24, 2.45) is 16.3 Å². The normalized spacial score (nSPS) is 21.5. The maximum Gasteiger partial charge on any atom is 0.233 e. The molecule has 1 aliphatic carbocycles. The Hall–Kier alpha value is -1.26. The Morgan fingerprint density at radius 3 is 2.46 bits per heavy atom. The first-order chi connectivity index (χ1) is 6.17. The lowest BCUT2D eigenvalue weighted by Crippen LogP contribution is -2.47. The minimum Gasteiger partial charge on any atom is -0.409 e. The Kier molecular flexibility index (Phi) is 2.75. The SMILES string of the molecule is CNC(=O)C1(C(N)=NO)CCCC1. The summed E-state index contributed by atoms with van der Waals surface area (Å²) in [6.45, 7) is 0. The van der Waals surface area contributed by atoms with E-state index in [4.69, 9.17) is 10.9 Å². The van der Waals surface area contributed by atoms with Gasteiger partial charge in [0.15, 0.2) is 5.84 Å². The van der Waals surface area contributed by atoms with E-state index in [-0.39, 0.29) is 11.7 Å². The van der Waals surface area contributed by atoms with Gasteiger partial charge in [-0.05, 0) is 12.8 Å². The quantitative estimate of drug-likeness (QED) is 0.245. The maximum absolute atomic E-state index is 11.6. The van der Waals surface area contributed by atoms with Gasteiger partial charge in [-0.1, -0.05) is 18.0 Å². The Balaban J connectivity index is 2.94. The van der Waals surface area contributed by atoms with Crippen LogP contribution in [0.5, 0.6) is 0 Å². The fourth-order valence-corrected chi connectivity index (χ4v) is 1.91. The molecule has 0 aliphatic heterocycles. The molecule has 13 heavy (non-hydrogen) atoms. The minimum atomic E-state index is -0.760. The molecule has 1 aliphatic rings. The molecule has 0 atom stereocenters. The van der Waals surface area contributed by atoms with Gasteiger partial charge in [-0.3, -0.25) is 4.79 Å². The van der Waals surface area contributed by atoms with Crippen LogP contribution in [-0.4, -0.2) is 24.0 Å². The number of nitrogens with two attached hydrogens (primary N) is 1. The third-order valence-corrected chi connectivity index (χ3v) is 2.72. The molecule has 1 saturated carbocycles. The molecule has 0 unspecified atom stereocenters. The van der Waals surface area contributed by atoms with Gasteiger partial charge >= 0.3 is 0 Å². The van der Waals surface area contributed by atoms with Crippen LogP contribution < -0.4 is 11.1 Å². The van der Waals surface area contributed by atoms with Crippen LogP contribution >= 0.6 is 0 Å². The molecular formula is C8H15N3O2. The van der Waals surface area contributed by atoms with Crippen molar-refractivity contribution in [3.05, 3.63) is 0 Å². The van der Waals surface area contributed by atoms with Gasteiger partial charge in [0.25, 0.3) is 0 Å². The molecule has 0 aromatic rings. The van der Waals surface area contributed by atoms with Gasteiger partial charge in [0.1, 0.15) is 5.41 Å². The van der Waals surface area contributed by atoms with Crippen molar-refractivity contribution in [3.63, 3.8) is 0 Å². The van der Waals surface area contributed by atoms with E-state index in [0.717, 1.165) is 12.8 Å². The number of hydrogen-bond acceptors (Lipinski definition) is 3. The van der Waals surface area contributed by atoms with Crippen LogP contribution in [0, 0.1) is 5.41 Å². The van der Waals surface area contributed by atoms with Crippen LogP contribution in [0.15, 0.2) is 5.16 Å². The number of amidine groups is 1. The second-order valence-corrected chi connectivity index (χ2v) is 3.35. The molecule has 0 bridgehead atoms. The highest BCUT2D eigenvalue weighted by Crippen LogP contribution is 2.38. The molecular weight excluding hydrogens is 170 g/mol. The van der Waals surface area contributed by atoms with Crippen LogP contribution in [0.2, 0.25) is 0 Å². The third kappa shape index (κ3) is 1.46. The summed E-state index contributed by atoms with van der Waals surface area (Å²) in [6.07, 6.45) is 3.23. The molecule has 1 fully saturated rings. The number of carbonyl (C=O) groups is 1. The summed E-state index contributed by atoms with van der Waals surface area (Å²) < 4.78 is 0. The molecule has 0 radical (unpaired) electrons. The van der Waals surface area contributed by atoms with Crippen LogP contribution in [-0.2, 0) is 4.79 Å². The van der Waals surface area contributed by atoms with Crippen molar-refractivity contribution < 1.29 is 10.0 Å². The van der Waals surface area contributed by atoms with E-state index in [1.54, 1.807) is 7.05 Å². The Morgan fingerprint density at radius 2 is 2.08 bits per heavy atom. The largest absolute Gasteiger partial charge is 0.409 e. The number of nitrogens with one attached hydrogen (secondary N) is 1. The van der Waals surface area contributed by atoms with Gasteiger partial charge in [0.05, 0.1) is 0 Å². The summed E-state index contributed by atoms with van der Waals surface area (Å²) >= 11 is 0. The molecule has 0 aromatic heterocycles. The first kappa shape index (κ1) is 9.83. The predicted octanol–water partition coefficient (Wildman–Crippen LogP) is 0.0392. The van der Waals surface area contributed by atoms with Crippen LogP contribution in [0.1, 0.15) is 25.7 Å².